The average Bonchev–Trinajstić information content (AvgIpc) is 2.51. The van der Waals surface area contributed by atoms with Gasteiger partial charge in [-0.1, -0.05) is 0 Å². The van der Waals surface area contributed by atoms with Gasteiger partial charge in [-0.25, -0.2) is 0 Å². The molecule has 0 fully saturated rings. The molecule has 22 heavy (non-hydrogen) atoms. The van der Waals surface area contributed by atoms with E-state index in [4.69, 9.17) is 19.3 Å². The lowest BCUT2D eigenvalue weighted by Crippen LogP contribution is -2.40. The zero-order valence-electron chi connectivity index (χ0n) is 13.3. The first kappa shape index (κ1) is 17.6. The van der Waals surface area contributed by atoms with Crippen LogP contribution in [0.3, 0.4) is 0 Å². The third-order valence-corrected chi connectivity index (χ3v) is 3.45. The molecular formula is C15H21NO6. The van der Waals surface area contributed by atoms with Crippen molar-refractivity contribution in [2.45, 2.75) is 19.9 Å². The largest absolute Gasteiger partial charge is 0.493 e. The zero-order chi connectivity index (χ0) is 16.9. The highest BCUT2D eigenvalue weighted by atomic mass is 16.5. The van der Waals surface area contributed by atoms with Crippen LogP contribution in [0.2, 0.25) is 0 Å². The van der Waals surface area contributed by atoms with Crippen molar-refractivity contribution >= 4 is 11.9 Å². The number of carbonyl (C=O) groups is 2. The number of nitrogens with one attached hydrogen (secondary N) is 1. The monoisotopic (exact) mass is 311 g/mol. The van der Waals surface area contributed by atoms with Crippen molar-refractivity contribution in [2.24, 2.45) is 5.92 Å². The summed E-state index contributed by atoms with van der Waals surface area (Å²) in [5, 5.41) is 11.6. The molecule has 0 heterocycles. The third-order valence-electron chi connectivity index (χ3n) is 3.45. The van der Waals surface area contributed by atoms with E-state index in [0.717, 1.165) is 0 Å². The van der Waals surface area contributed by atoms with E-state index >= 15 is 0 Å². The van der Waals surface area contributed by atoms with Gasteiger partial charge >= 0.3 is 5.97 Å². The van der Waals surface area contributed by atoms with Crippen molar-refractivity contribution in [3.05, 3.63) is 17.7 Å². The van der Waals surface area contributed by atoms with E-state index in [1.807, 2.05) is 0 Å². The summed E-state index contributed by atoms with van der Waals surface area (Å²) in [6.45, 7) is 3.16. The lowest BCUT2D eigenvalue weighted by atomic mass is 10.0. The van der Waals surface area contributed by atoms with Gasteiger partial charge in [0, 0.05) is 6.04 Å². The Balaban J connectivity index is 3.10. The summed E-state index contributed by atoms with van der Waals surface area (Å²) in [7, 11) is 4.34. The maximum Gasteiger partial charge on any atom is 0.308 e. The fourth-order valence-corrected chi connectivity index (χ4v) is 1.90. The number of carboxylic acids is 1. The topological polar surface area (TPSA) is 94.1 Å². The Morgan fingerprint density at radius 3 is 2.09 bits per heavy atom. The van der Waals surface area contributed by atoms with Crippen LogP contribution in [0.4, 0.5) is 0 Å². The van der Waals surface area contributed by atoms with E-state index in [2.05, 4.69) is 5.32 Å². The summed E-state index contributed by atoms with van der Waals surface area (Å²) >= 11 is 0. The number of hydrogen-bond donors (Lipinski definition) is 2. The van der Waals surface area contributed by atoms with Gasteiger partial charge in [-0.15, -0.1) is 0 Å². The maximum absolute atomic E-state index is 12.3. The van der Waals surface area contributed by atoms with Gasteiger partial charge in [0.15, 0.2) is 11.5 Å². The molecule has 1 amide bonds. The molecule has 0 bridgehead atoms. The molecule has 2 unspecified atom stereocenters. The van der Waals surface area contributed by atoms with E-state index in [1.165, 1.54) is 34.3 Å². The Morgan fingerprint density at radius 1 is 1.05 bits per heavy atom. The first-order valence-electron chi connectivity index (χ1n) is 6.70. The third kappa shape index (κ3) is 3.60. The minimum absolute atomic E-state index is 0.231. The number of aliphatic carboxylic acids is 1. The normalized spacial score (nSPS) is 13.0. The standard InChI is InChI=1S/C15H21NO6/c1-8(15(18)19)9(2)16-14(17)10-6-7-11(20-3)13(22-5)12(10)21-4/h6-9H,1-5H3,(H,16,17)(H,18,19). The molecule has 0 aliphatic carbocycles. The molecule has 7 heteroatoms. The van der Waals surface area contributed by atoms with E-state index in [1.54, 1.807) is 13.0 Å². The van der Waals surface area contributed by atoms with Crippen LogP contribution in [0.1, 0.15) is 24.2 Å². The number of benzene rings is 1. The van der Waals surface area contributed by atoms with Crippen molar-refractivity contribution < 1.29 is 28.9 Å². The lowest BCUT2D eigenvalue weighted by molar-refractivity contribution is -0.141. The molecule has 0 saturated heterocycles. The highest BCUT2D eigenvalue weighted by Crippen LogP contribution is 2.39. The molecule has 1 rings (SSSR count). The van der Waals surface area contributed by atoms with Crippen LogP contribution in [0, 0.1) is 5.92 Å². The van der Waals surface area contributed by atoms with Crippen LogP contribution in [0.5, 0.6) is 17.2 Å². The van der Waals surface area contributed by atoms with Crippen LogP contribution in [0.15, 0.2) is 12.1 Å². The Hall–Kier alpha value is -2.44. The number of carbonyl (C=O) groups excluding carboxylic acids is 1. The van der Waals surface area contributed by atoms with Crippen molar-refractivity contribution in [3.8, 4) is 17.2 Å². The summed E-state index contributed by atoms with van der Waals surface area (Å²) in [6.07, 6.45) is 0. The highest BCUT2D eigenvalue weighted by molar-refractivity contribution is 5.98. The Bertz CT molecular complexity index is 557. The Morgan fingerprint density at radius 2 is 1.64 bits per heavy atom. The minimum atomic E-state index is -0.980. The average molecular weight is 311 g/mol. The summed E-state index contributed by atoms with van der Waals surface area (Å²) in [5.74, 6) is -1.17. The van der Waals surface area contributed by atoms with Crippen LogP contribution >= 0.6 is 0 Å². The molecule has 0 spiro atoms. The van der Waals surface area contributed by atoms with Gasteiger partial charge in [0.25, 0.3) is 5.91 Å². The second-order valence-electron chi connectivity index (χ2n) is 4.77. The number of ether oxygens (including phenoxy) is 3. The molecule has 7 nitrogen and oxygen atoms in total. The molecule has 2 atom stereocenters. The lowest BCUT2D eigenvalue weighted by Gasteiger charge is -2.20. The van der Waals surface area contributed by atoms with Crippen molar-refractivity contribution in [1.82, 2.24) is 5.32 Å². The number of hydrogen-bond acceptors (Lipinski definition) is 5. The molecule has 0 aliphatic heterocycles. The first-order chi connectivity index (χ1) is 10.4. The smallest absolute Gasteiger partial charge is 0.308 e. The SMILES string of the molecule is COc1ccc(C(=O)NC(C)C(C)C(=O)O)c(OC)c1OC. The molecule has 0 aliphatic rings. The van der Waals surface area contributed by atoms with Gasteiger partial charge in [-0.3, -0.25) is 9.59 Å². The number of rotatable bonds is 7. The Labute approximate surface area is 129 Å². The van der Waals surface area contributed by atoms with Gasteiger partial charge in [0.1, 0.15) is 0 Å². The molecular weight excluding hydrogens is 290 g/mol. The summed E-state index contributed by atoms with van der Waals surface area (Å²) in [5.41, 5.74) is 0.240. The van der Waals surface area contributed by atoms with Gasteiger partial charge in [-0.05, 0) is 26.0 Å². The van der Waals surface area contributed by atoms with Crippen molar-refractivity contribution in [2.75, 3.05) is 21.3 Å². The molecule has 122 valence electrons. The predicted molar refractivity (Wildman–Crippen MR) is 79.8 cm³/mol. The summed E-state index contributed by atoms with van der Waals surface area (Å²) < 4.78 is 15.6. The van der Waals surface area contributed by atoms with E-state index in [0.29, 0.717) is 11.5 Å². The van der Waals surface area contributed by atoms with Gasteiger partial charge in [0.2, 0.25) is 5.75 Å². The minimum Gasteiger partial charge on any atom is -0.493 e. The summed E-state index contributed by atoms with van der Waals surface area (Å²) in [6, 6.07) is 2.58. The second kappa shape index (κ2) is 7.53. The van der Waals surface area contributed by atoms with Crippen LogP contribution in [0.25, 0.3) is 0 Å². The first-order valence-corrected chi connectivity index (χ1v) is 6.70. The van der Waals surface area contributed by atoms with Gasteiger partial charge in [-0.2, -0.15) is 0 Å². The molecule has 0 radical (unpaired) electrons. The molecule has 1 aromatic rings. The fraction of sp³-hybridized carbons (Fsp3) is 0.467. The van der Waals surface area contributed by atoms with Gasteiger partial charge in [0.05, 0.1) is 32.8 Å². The second-order valence-corrected chi connectivity index (χ2v) is 4.77. The zero-order valence-corrected chi connectivity index (χ0v) is 13.3. The summed E-state index contributed by atoms with van der Waals surface area (Å²) in [4.78, 5) is 23.3. The van der Waals surface area contributed by atoms with E-state index in [-0.39, 0.29) is 11.3 Å². The highest BCUT2D eigenvalue weighted by Gasteiger charge is 2.25. The predicted octanol–water partition coefficient (Wildman–Crippen LogP) is 1.55. The molecule has 1 aromatic carbocycles. The fourth-order valence-electron chi connectivity index (χ4n) is 1.90. The number of amides is 1. The quantitative estimate of drug-likeness (QED) is 0.793. The van der Waals surface area contributed by atoms with E-state index in [9.17, 15) is 9.59 Å². The Kier molecular flexibility index (Phi) is 6.03. The van der Waals surface area contributed by atoms with Crippen LogP contribution in [-0.2, 0) is 4.79 Å². The number of methoxy groups -OCH3 is 3. The van der Waals surface area contributed by atoms with Gasteiger partial charge < -0.3 is 24.6 Å². The van der Waals surface area contributed by atoms with Crippen molar-refractivity contribution in [3.63, 3.8) is 0 Å². The molecule has 0 aromatic heterocycles. The van der Waals surface area contributed by atoms with Crippen LogP contribution < -0.4 is 19.5 Å². The van der Waals surface area contributed by atoms with Crippen LogP contribution in [-0.4, -0.2) is 44.4 Å². The van der Waals surface area contributed by atoms with E-state index < -0.39 is 23.8 Å². The molecule has 2 N–H and O–H groups in total. The van der Waals surface area contributed by atoms with Crippen molar-refractivity contribution in [1.29, 1.82) is 0 Å². The maximum atomic E-state index is 12.3. The molecule has 0 saturated carbocycles. The number of carboxylic acid groups (broad SMARTS) is 1.